The van der Waals surface area contributed by atoms with Crippen molar-refractivity contribution in [3.8, 4) is 5.75 Å². The summed E-state index contributed by atoms with van der Waals surface area (Å²) in [5.74, 6) is 0.565. The van der Waals surface area contributed by atoms with Crippen molar-refractivity contribution in [2.45, 2.75) is 38.8 Å². The van der Waals surface area contributed by atoms with E-state index in [2.05, 4.69) is 15.6 Å². The average molecular weight is 445 g/mol. The minimum Gasteiger partial charge on any atom is -0.485 e. The molecule has 6 nitrogen and oxygen atoms in total. The molecule has 3 heterocycles. The van der Waals surface area contributed by atoms with Gasteiger partial charge in [-0.3, -0.25) is 14.8 Å². The van der Waals surface area contributed by atoms with E-state index in [1.807, 2.05) is 6.92 Å². The smallest absolute Gasteiger partial charge is 0.170 e. The van der Waals surface area contributed by atoms with Gasteiger partial charge in [-0.05, 0) is 63.5 Å². The number of fused-ring (bicyclic) bond motifs is 1. The van der Waals surface area contributed by atoms with E-state index in [1.165, 1.54) is 18.2 Å². The number of Topliss-reactive ketones (excluding diaryl/α,β-unsaturated/α-hetero) is 1. The average Bonchev–Trinajstić information content (AvgIpc) is 2.77. The third kappa shape index (κ3) is 5.29. The number of hydrogen-bond donors (Lipinski definition) is 2. The van der Waals surface area contributed by atoms with E-state index in [0.29, 0.717) is 35.2 Å². The Labute approximate surface area is 186 Å². The van der Waals surface area contributed by atoms with Crippen LogP contribution < -0.4 is 15.4 Å². The first-order chi connectivity index (χ1) is 15.0. The van der Waals surface area contributed by atoms with Crippen molar-refractivity contribution in [2.24, 2.45) is 10.9 Å². The maximum absolute atomic E-state index is 13.4. The molecule has 0 unspecified atom stereocenters. The zero-order valence-electron chi connectivity index (χ0n) is 17.5. The van der Waals surface area contributed by atoms with Gasteiger partial charge < -0.3 is 15.4 Å². The standard InChI is InChI=1S/C23H26ClFN4O2/c1-14(31-16-2-3-19(25)18(24)10-16)20-11-22(30)17-6-9-28-21(23(17)29-20)13-27-12-15-4-7-26-8-5-15/h2-3,6,9-10,14-15,26-27H,4-5,7-8,11-13H2,1H3/t14-/m0/s1. The van der Waals surface area contributed by atoms with Crippen LogP contribution in [0, 0.1) is 11.7 Å². The Kier molecular flexibility index (Phi) is 6.95. The lowest BCUT2D eigenvalue weighted by Crippen LogP contribution is -2.33. The van der Waals surface area contributed by atoms with Gasteiger partial charge in [0.05, 0.1) is 28.5 Å². The maximum atomic E-state index is 13.4. The van der Waals surface area contributed by atoms with E-state index in [1.54, 1.807) is 12.3 Å². The Morgan fingerprint density at radius 3 is 2.90 bits per heavy atom. The third-order valence-corrected chi connectivity index (χ3v) is 6.04. The second-order valence-corrected chi connectivity index (χ2v) is 8.42. The fraction of sp³-hybridized carbons (Fsp3) is 0.435. The Balaban J connectivity index is 1.48. The van der Waals surface area contributed by atoms with E-state index in [-0.39, 0.29) is 17.2 Å². The number of rotatable bonds is 7. The number of aromatic nitrogens is 1. The molecule has 0 amide bonds. The molecule has 1 aromatic heterocycles. The molecular formula is C23H26ClFN4O2. The summed E-state index contributed by atoms with van der Waals surface area (Å²) in [5, 5.41) is 6.84. The monoisotopic (exact) mass is 444 g/mol. The van der Waals surface area contributed by atoms with E-state index in [4.69, 9.17) is 21.3 Å². The van der Waals surface area contributed by atoms with Gasteiger partial charge in [-0.15, -0.1) is 0 Å². The summed E-state index contributed by atoms with van der Waals surface area (Å²) in [6.07, 6.45) is 3.70. The molecule has 2 aromatic rings. The van der Waals surface area contributed by atoms with Crippen molar-refractivity contribution in [2.75, 3.05) is 19.6 Å². The van der Waals surface area contributed by atoms with Gasteiger partial charge in [0.25, 0.3) is 0 Å². The molecule has 1 aromatic carbocycles. The van der Waals surface area contributed by atoms with Crippen LogP contribution in [-0.4, -0.2) is 42.2 Å². The van der Waals surface area contributed by atoms with Crippen LogP contribution in [0.1, 0.15) is 42.2 Å². The van der Waals surface area contributed by atoms with Gasteiger partial charge in [0, 0.05) is 24.4 Å². The third-order valence-electron chi connectivity index (χ3n) is 5.75. The van der Waals surface area contributed by atoms with E-state index >= 15 is 0 Å². The molecule has 164 valence electrons. The zero-order chi connectivity index (χ0) is 21.8. The number of hydrogen-bond acceptors (Lipinski definition) is 6. The Hall–Kier alpha value is -2.35. The molecule has 0 spiro atoms. The van der Waals surface area contributed by atoms with Gasteiger partial charge in [0.1, 0.15) is 17.7 Å². The highest BCUT2D eigenvalue weighted by Gasteiger charge is 2.26. The van der Waals surface area contributed by atoms with Crippen molar-refractivity contribution < 1.29 is 13.9 Å². The van der Waals surface area contributed by atoms with Gasteiger partial charge in [0.2, 0.25) is 0 Å². The van der Waals surface area contributed by atoms with Crippen molar-refractivity contribution in [1.29, 1.82) is 0 Å². The highest BCUT2D eigenvalue weighted by atomic mass is 35.5. The summed E-state index contributed by atoms with van der Waals surface area (Å²) < 4.78 is 19.3. The van der Waals surface area contributed by atoms with Gasteiger partial charge >= 0.3 is 0 Å². The number of carbonyl (C=O) groups is 1. The number of benzene rings is 1. The molecule has 4 rings (SSSR count). The summed E-state index contributed by atoms with van der Waals surface area (Å²) in [7, 11) is 0. The summed E-state index contributed by atoms with van der Waals surface area (Å²) in [5.41, 5.74) is 2.58. The molecule has 1 saturated heterocycles. The second kappa shape index (κ2) is 9.85. The van der Waals surface area contributed by atoms with Crippen LogP contribution in [0.2, 0.25) is 5.02 Å². The molecule has 1 atom stereocenters. The van der Waals surface area contributed by atoms with E-state index < -0.39 is 11.9 Å². The number of pyridine rings is 1. The lowest BCUT2D eigenvalue weighted by Gasteiger charge is -2.24. The molecule has 0 aliphatic carbocycles. The molecule has 0 saturated carbocycles. The summed E-state index contributed by atoms with van der Waals surface area (Å²) in [4.78, 5) is 22.0. The first-order valence-electron chi connectivity index (χ1n) is 10.6. The number of aliphatic imine (C=N–C) groups is 1. The van der Waals surface area contributed by atoms with Crippen LogP contribution in [0.5, 0.6) is 5.75 Å². The number of carbonyl (C=O) groups excluding carboxylic acids is 1. The molecule has 31 heavy (non-hydrogen) atoms. The Bertz CT molecular complexity index is 992. The van der Waals surface area contributed by atoms with Crippen LogP contribution >= 0.6 is 11.6 Å². The highest BCUT2D eigenvalue weighted by Crippen LogP contribution is 2.30. The molecule has 1 fully saturated rings. The van der Waals surface area contributed by atoms with Crippen molar-refractivity contribution in [3.63, 3.8) is 0 Å². The first kappa shape index (κ1) is 21.9. The summed E-state index contributed by atoms with van der Waals surface area (Å²) in [6.45, 7) is 5.41. The lowest BCUT2D eigenvalue weighted by molar-refractivity contribution is 0.0996. The zero-order valence-corrected chi connectivity index (χ0v) is 18.2. The lowest BCUT2D eigenvalue weighted by atomic mass is 9.97. The van der Waals surface area contributed by atoms with Crippen molar-refractivity contribution >= 4 is 28.8 Å². The van der Waals surface area contributed by atoms with E-state index in [0.717, 1.165) is 38.2 Å². The topological polar surface area (TPSA) is 75.6 Å². The largest absolute Gasteiger partial charge is 0.485 e. The SMILES string of the molecule is C[C@H](Oc1ccc(F)c(Cl)c1)C1=Nc2c(ccnc2CNCC2CCNCC2)C(=O)C1. The van der Waals surface area contributed by atoms with Gasteiger partial charge in [-0.1, -0.05) is 11.6 Å². The van der Waals surface area contributed by atoms with E-state index in [9.17, 15) is 9.18 Å². The number of ketones is 1. The molecule has 8 heteroatoms. The van der Waals surface area contributed by atoms with Crippen LogP contribution in [0.3, 0.4) is 0 Å². The predicted molar refractivity (Wildman–Crippen MR) is 119 cm³/mol. The number of halogens is 2. The first-order valence-corrected chi connectivity index (χ1v) is 11.0. The van der Waals surface area contributed by atoms with Gasteiger partial charge in [-0.25, -0.2) is 4.39 Å². The Morgan fingerprint density at radius 2 is 2.13 bits per heavy atom. The minimum absolute atomic E-state index is 0.00501. The molecule has 0 radical (unpaired) electrons. The van der Waals surface area contributed by atoms with Crippen LogP contribution in [0.15, 0.2) is 35.5 Å². The molecule has 2 N–H and O–H groups in total. The summed E-state index contributed by atoms with van der Waals surface area (Å²) >= 11 is 5.84. The fourth-order valence-corrected chi connectivity index (χ4v) is 4.13. The van der Waals surface area contributed by atoms with Crippen LogP contribution in [0.25, 0.3) is 0 Å². The number of piperidine rings is 1. The summed E-state index contributed by atoms with van der Waals surface area (Å²) in [6, 6.07) is 5.90. The maximum Gasteiger partial charge on any atom is 0.170 e. The highest BCUT2D eigenvalue weighted by molar-refractivity contribution is 6.30. The predicted octanol–water partition coefficient (Wildman–Crippen LogP) is 4.09. The Morgan fingerprint density at radius 1 is 1.32 bits per heavy atom. The normalized spacial score (nSPS) is 17.8. The van der Waals surface area contributed by atoms with Crippen LogP contribution in [-0.2, 0) is 6.54 Å². The number of nitrogens with one attached hydrogen (secondary N) is 2. The number of nitrogens with zero attached hydrogens (tertiary/aromatic N) is 2. The molecule has 2 aliphatic heterocycles. The second-order valence-electron chi connectivity index (χ2n) is 8.02. The van der Waals surface area contributed by atoms with Gasteiger partial charge in [-0.2, -0.15) is 0 Å². The molecule has 0 bridgehead atoms. The van der Waals surface area contributed by atoms with Crippen LogP contribution in [0.4, 0.5) is 10.1 Å². The van der Waals surface area contributed by atoms with Gasteiger partial charge in [0.15, 0.2) is 5.78 Å². The quantitative estimate of drug-likeness (QED) is 0.672. The molecule has 2 aliphatic rings. The minimum atomic E-state index is -0.506. The fourth-order valence-electron chi connectivity index (χ4n) is 3.96. The number of ether oxygens (including phenoxy) is 1. The van der Waals surface area contributed by atoms with Crippen molar-refractivity contribution in [3.05, 3.63) is 52.6 Å². The molecular weight excluding hydrogens is 419 g/mol. The van der Waals surface area contributed by atoms with Crippen molar-refractivity contribution in [1.82, 2.24) is 15.6 Å².